The Bertz CT molecular complexity index is 552. The van der Waals surface area contributed by atoms with E-state index in [-0.39, 0.29) is 32.1 Å². The van der Waals surface area contributed by atoms with E-state index in [1.165, 1.54) is 26.4 Å². The number of nitrogens with one attached hydrogen (secondary N) is 2. The third-order valence-corrected chi connectivity index (χ3v) is 2.99. The molecule has 8 nitrogen and oxygen atoms in total. The zero-order valence-corrected chi connectivity index (χ0v) is 13.6. The number of ether oxygens (including phenoxy) is 3. The van der Waals surface area contributed by atoms with Crippen LogP contribution in [0.3, 0.4) is 0 Å². The van der Waals surface area contributed by atoms with E-state index in [2.05, 4.69) is 10.6 Å². The molecule has 0 unspecified atom stereocenters. The summed E-state index contributed by atoms with van der Waals surface area (Å²) in [5.74, 6) is -1.06. The van der Waals surface area contributed by atoms with E-state index >= 15 is 0 Å². The molecule has 0 radical (unpaired) electrons. The van der Waals surface area contributed by atoms with Crippen LogP contribution in [0.15, 0.2) is 12.1 Å². The first kappa shape index (κ1) is 19.0. The molecule has 1 aromatic carbocycles. The molecule has 0 heterocycles. The van der Waals surface area contributed by atoms with Gasteiger partial charge in [-0.15, -0.1) is 0 Å². The Balaban J connectivity index is 2.64. The summed E-state index contributed by atoms with van der Waals surface area (Å²) in [6.07, 6.45) is 0. The van der Waals surface area contributed by atoms with Crippen LogP contribution in [0.1, 0.15) is 0 Å². The lowest BCUT2D eigenvalue weighted by Crippen LogP contribution is -2.37. The van der Waals surface area contributed by atoms with Crippen LogP contribution in [0, 0.1) is 0 Å². The van der Waals surface area contributed by atoms with Crippen LogP contribution < -0.4 is 20.1 Å². The minimum atomic E-state index is -0.866. The van der Waals surface area contributed by atoms with Crippen molar-refractivity contribution in [3.05, 3.63) is 17.2 Å². The molecule has 0 aromatic heterocycles. The summed E-state index contributed by atoms with van der Waals surface area (Å²) in [5, 5.41) is 13.6. The van der Waals surface area contributed by atoms with E-state index in [0.29, 0.717) is 16.5 Å². The van der Waals surface area contributed by atoms with Crippen molar-refractivity contribution in [1.29, 1.82) is 0 Å². The van der Waals surface area contributed by atoms with Gasteiger partial charge >= 0.3 is 11.8 Å². The van der Waals surface area contributed by atoms with Crippen LogP contribution >= 0.6 is 11.6 Å². The molecular formula is C14H19ClN2O6. The lowest BCUT2D eigenvalue weighted by molar-refractivity contribution is -0.136. The summed E-state index contributed by atoms with van der Waals surface area (Å²) in [6.45, 7) is 0.404. The van der Waals surface area contributed by atoms with Crippen LogP contribution in [0.5, 0.6) is 11.5 Å². The van der Waals surface area contributed by atoms with Crippen LogP contribution in [0.4, 0.5) is 5.69 Å². The van der Waals surface area contributed by atoms with Gasteiger partial charge < -0.3 is 30.0 Å². The van der Waals surface area contributed by atoms with Crippen molar-refractivity contribution in [3.8, 4) is 11.5 Å². The van der Waals surface area contributed by atoms with Gasteiger partial charge in [0.25, 0.3) is 0 Å². The van der Waals surface area contributed by atoms with Crippen LogP contribution in [-0.4, -0.2) is 57.5 Å². The maximum Gasteiger partial charge on any atom is 0.313 e. The number of benzene rings is 1. The summed E-state index contributed by atoms with van der Waals surface area (Å²) in [4.78, 5) is 23.5. The Kier molecular flexibility index (Phi) is 8.17. The number of hydrogen-bond acceptors (Lipinski definition) is 6. The van der Waals surface area contributed by atoms with Crippen molar-refractivity contribution < 1.29 is 28.9 Å². The molecule has 23 heavy (non-hydrogen) atoms. The summed E-state index contributed by atoms with van der Waals surface area (Å²) in [6, 6.07) is 2.92. The molecule has 2 amide bonds. The van der Waals surface area contributed by atoms with Crippen LogP contribution in [-0.2, 0) is 14.3 Å². The van der Waals surface area contributed by atoms with Crippen molar-refractivity contribution in [2.24, 2.45) is 0 Å². The van der Waals surface area contributed by atoms with Gasteiger partial charge in [-0.05, 0) is 0 Å². The molecular weight excluding hydrogens is 328 g/mol. The Morgan fingerprint density at radius 1 is 1.13 bits per heavy atom. The number of aliphatic hydroxyl groups is 1. The summed E-state index contributed by atoms with van der Waals surface area (Å²) >= 11 is 5.96. The number of amides is 2. The fourth-order valence-corrected chi connectivity index (χ4v) is 1.85. The number of rotatable bonds is 8. The van der Waals surface area contributed by atoms with Crippen molar-refractivity contribution in [3.63, 3.8) is 0 Å². The number of hydrogen-bond donors (Lipinski definition) is 3. The molecule has 1 rings (SSSR count). The predicted molar refractivity (Wildman–Crippen MR) is 84.1 cm³/mol. The molecule has 9 heteroatoms. The van der Waals surface area contributed by atoms with E-state index in [1.807, 2.05) is 0 Å². The lowest BCUT2D eigenvalue weighted by Gasteiger charge is -2.13. The maximum absolute atomic E-state index is 11.9. The Hall–Kier alpha value is -2.03. The van der Waals surface area contributed by atoms with E-state index in [1.54, 1.807) is 0 Å². The summed E-state index contributed by atoms with van der Waals surface area (Å²) in [7, 11) is 2.84. The first-order chi connectivity index (χ1) is 11.0. The molecule has 3 N–H and O–H groups in total. The SMILES string of the molecule is COc1cc(NC(=O)C(=O)NCCOCCO)c(OC)cc1Cl. The molecule has 0 atom stereocenters. The molecule has 0 saturated heterocycles. The molecule has 0 spiro atoms. The predicted octanol–water partition coefficient (Wildman–Crippen LogP) is 0.421. The number of carbonyl (C=O) groups excluding carboxylic acids is 2. The summed E-state index contributed by atoms with van der Waals surface area (Å²) in [5.41, 5.74) is 0.255. The zero-order chi connectivity index (χ0) is 17.2. The van der Waals surface area contributed by atoms with Gasteiger partial charge in [0.2, 0.25) is 0 Å². The number of anilines is 1. The molecule has 0 saturated carbocycles. The van der Waals surface area contributed by atoms with E-state index < -0.39 is 11.8 Å². The fraction of sp³-hybridized carbons (Fsp3) is 0.429. The molecule has 0 bridgehead atoms. The van der Waals surface area contributed by atoms with Crippen molar-refractivity contribution in [2.45, 2.75) is 0 Å². The number of methoxy groups -OCH3 is 2. The molecule has 128 valence electrons. The van der Waals surface area contributed by atoms with Gasteiger partial charge in [0.15, 0.2) is 0 Å². The molecule has 1 aromatic rings. The average Bonchev–Trinajstić information content (AvgIpc) is 2.55. The topological polar surface area (TPSA) is 106 Å². The highest BCUT2D eigenvalue weighted by Gasteiger charge is 2.17. The second-order valence-electron chi connectivity index (χ2n) is 4.23. The first-order valence-electron chi connectivity index (χ1n) is 6.72. The minimum Gasteiger partial charge on any atom is -0.495 e. The highest BCUT2D eigenvalue weighted by molar-refractivity contribution is 6.40. The number of halogens is 1. The van der Waals surface area contributed by atoms with Gasteiger partial charge in [0.1, 0.15) is 11.5 Å². The van der Waals surface area contributed by atoms with Gasteiger partial charge in [0, 0.05) is 18.7 Å². The summed E-state index contributed by atoms with van der Waals surface area (Å²) < 4.78 is 15.1. The highest BCUT2D eigenvalue weighted by Crippen LogP contribution is 2.35. The smallest absolute Gasteiger partial charge is 0.313 e. The average molecular weight is 347 g/mol. The van der Waals surface area contributed by atoms with Crippen molar-refractivity contribution >= 4 is 29.1 Å². The monoisotopic (exact) mass is 346 g/mol. The molecule has 0 aliphatic heterocycles. The van der Waals surface area contributed by atoms with Gasteiger partial charge in [-0.25, -0.2) is 0 Å². The largest absolute Gasteiger partial charge is 0.495 e. The molecule has 0 aliphatic carbocycles. The molecule has 0 aliphatic rings. The number of aliphatic hydroxyl groups excluding tert-OH is 1. The lowest BCUT2D eigenvalue weighted by atomic mass is 10.2. The third-order valence-electron chi connectivity index (χ3n) is 2.70. The zero-order valence-electron chi connectivity index (χ0n) is 12.8. The number of carbonyl (C=O) groups is 2. The normalized spacial score (nSPS) is 10.1. The fourth-order valence-electron chi connectivity index (χ4n) is 1.62. The standard InChI is InChI=1S/C14H19ClN2O6/c1-21-11-8-10(12(22-2)7-9(11)15)17-14(20)13(19)16-3-5-23-6-4-18/h7-8,18H,3-6H2,1-2H3,(H,16,19)(H,17,20). The van der Waals surface area contributed by atoms with Gasteiger partial charge in [0.05, 0.1) is 44.8 Å². The van der Waals surface area contributed by atoms with E-state index in [4.69, 9.17) is 30.9 Å². The van der Waals surface area contributed by atoms with Crippen LogP contribution in [0.2, 0.25) is 5.02 Å². The van der Waals surface area contributed by atoms with Gasteiger partial charge in [-0.1, -0.05) is 11.6 Å². The van der Waals surface area contributed by atoms with Crippen molar-refractivity contribution in [1.82, 2.24) is 5.32 Å². The quantitative estimate of drug-likeness (QED) is 0.465. The van der Waals surface area contributed by atoms with Gasteiger partial charge in [-0.3, -0.25) is 9.59 Å². The molecule has 0 fully saturated rings. The van der Waals surface area contributed by atoms with Gasteiger partial charge in [-0.2, -0.15) is 0 Å². The minimum absolute atomic E-state index is 0.105. The second-order valence-corrected chi connectivity index (χ2v) is 4.64. The second kappa shape index (κ2) is 9.88. The first-order valence-corrected chi connectivity index (χ1v) is 7.10. The Morgan fingerprint density at radius 3 is 2.43 bits per heavy atom. The Morgan fingerprint density at radius 2 is 1.83 bits per heavy atom. The van der Waals surface area contributed by atoms with Crippen molar-refractivity contribution in [2.75, 3.05) is 45.9 Å². The van der Waals surface area contributed by atoms with Crippen LogP contribution in [0.25, 0.3) is 0 Å². The Labute approximate surface area is 138 Å². The maximum atomic E-state index is 11.9. The van der Waals surface area contributed by atoms with E-state index in [9.17, 15) is 9.59 Å². The third kappa shape index (κ3) is 5.93. The highest BCUT2D eigenvalue weighted by atomic mass is 35.5. The van der Waals surface area contributed by atoms with E-state index in [0.717, 1.165) is 0 Å².